The molecule has 26 heavy (non-hydrogen) atoms. The summed E-state index contributed by atoms with van der Waals surface area (Å²) in [5, 5.41) is 12.3. The van der Waals surface area contributed by atoms with Crippen molar-refractivity contribution in [1.82, 2.24) is 5.32 Å². The minimum absolute atomic E-state index is 0.113. The number of nitrogens with one attached hydrogen (secondary N) is 1. The zero-order valence-corrected chi connectivity index (χ0v) is 14.8. The molecule has 0 bridgehead atoms. The van der Waals surface area contributed by atoms with Crippen LogP contribution in [0.4, 0.5) is 0 Å². The van der Waals surface area contributed by atoms with Gasteiger partial charge in [0.1, 0.15) is 5.75 Å². The molecule has 0 radical (unpaired) electrons. The molecule has 0 fully saturated rings. The summed E-state index contributed by atoms with van der Waals surface area (Å²) in [5.41, 5.74) is 2.92. The highest BCUT2D eigenvalue weighted by Gasteiger charge is 2.28. The second-order valence-electron chi connectivity index (χ2n) is 6.70. The normalized spacial score (nSPS) is 16.9. The zero-order chi connectivity index (χ0) is 18.5. The summed E-state index contributed by atoms with van der Waals surface area (Å²) in [6.07, 6.45) is 0.986. The lowest BCUT2D eigenvalue weighted by atomic mass is 9.92. The minimum atomic E-state index is -0.904. The summed E-state index contributed by atoms with van der Waals surface area (Å²) < 4.78 is 5.58. The molecule has 136 valence electrons. The van der Waals surface area contributed by atoms with E-state index < -0.39 is 11.9 Å². The molecular weight excluding hydrogens is 330 g/mol. The molecule has 1 heterocycles. The molecule has 0 saturated heterocycles. The number of ether oxygens (including phenoxy) is 1. The van der Waals surface area contributed by atoms with E-state index in [9.17, 15) is 14.7 Å². The molecule has 5 heteroatoms. The second kappa shape index (κ2) is 8.04. The Morgan fingerprint density at radius 2 is 2.04 bits per heavy atom. The van der Waals surface area contributed by atoms with Gasteiger partial charge in [-0.25, -0.2) is 0 Å². The van der Waals surface area contributed by atoms with Crippen LogP contribution < -0.4 is 10.1 Å². The Kier molecular flexibility index (Phi) is 5.56. The first-order valence-electron chi connectivity index (χ1n) is 8.82. The number of carbonyl (C=O) groups is 2. The van der Waals surface area contributed by atoms with Crippen LogP contribution in [0, 0.1) is 12.8 Å². The molecule has 1 aliphatic rings. The fraction of sp³-hybridized carbons (Fsp3) is 0.333. The Hall–Kier alpha value is -2.82. The van der Waals surface area contributed by atoms with Crippen LogP contribution in [0.15, 0.2) is 48.5 Å². The largest absolute Gasteiger partial charge is 0.493 e. The molecule has 2 aromatic rings. The third-order valence-corrected chi connectivity index (χ3v) is 4.71. The van der Waals surface area contributed by atoms with Gasteiger partial charge < -0.3 is 15.2 Å². The van der Waals surface area contributed by atoms with E-state index in [-0.39, 0.29) is 18.4 Å². The van der Waals surface area contributed by atoms with Gasteiger partial charge in [0, 0.05) is 12.1 Å². The molecule has 0 spiro atoms. The van der Waals surface area contributed by atoms with Crippen molar-refractivity contribution in [2.75, 3.05) is 13.2 Å². The van der Waals surface area contributed by atoms with Gasteiger partial charge >= 0.3 is 5.97 Å². The Morgan fingerprint density at radius 3 is 2.81 bits per heavy atom. The first-order valence-corrected chi connectivity index (χ1v) is 8.82. The molecular formula is C21H23NO4. The molecule has 2 N–H and O–H groups in total. The average Bonchev–Trinajstić information content (AvgIpc) is 2.64. The van der Waals surface area contributed by atoms with Gasteiger partial charge in [-0.05, 0) is 31.4 Å². The van der Waals surface area contributed by atoms with Crippen molar-refractivity contribution in [2.45, 2.75) is 25.7 Å². The van der Waals surface area contributed by atoms with E-state index in [1.165, 1.54) is 0 Å². The molecule has 0 unspecified atom stereocenters. The van der Waals surface area contributed by atoms with Crippen LogP contribution >= 0.6 is 0 Å². The van der Waals surface area contributed by atoms with Crippen molar-refractivity contribution in [3.05, 3.63) is 65.2 Å². The fourth-order valence-electron chi connectivity index (χ4n) is 3.33. The molecule has 2 atom stereocenters. The monoisotopic (exact) mass is 353 g/mol. The van der Waals surface area contributed by atoms with Crippen molar-refractivity contribution in [1.29, 1.82) is 0 Å². The number of aliphatic carboxylic acids is 1. The highest BCUT2D eigenvalue weighted by Crippen LogP contribution is 2.33. The molecule has 3 rings (SSSR count). The van der Waals surface area contributed by atoms with Gasteiger partial charge in [-0.15, -0.1) is 0 Å². The van der Waals surface area contributed by atoms with Gasteiger partial charge in [0.25, 0.3) is 0 Å². The number of benzene rings is 2. The first kappa shape index (κ1) is 18.0. The third kappa shape index (κ3) is 4.23. The van der Waals surface area contributed by atoms with E-state index in [1.807, 2.05) is 55.5 Å². The topological polar surface area (TPSA) is 75.6 Å². The van der Waals surface area contributed by atoms with Crippen molar-refractivity contribution in [3.8, 4) is 5.75 Å². The van der Waals surface area contributed by atoms with E-state index in [0.29, 0.717) is 19.4 Å². The fourth-order valence-corrected chi connectivity index (χ4v) is 3.33. The molecule has 2 aromatic carbocycles. The second-order valence-corrected chi connectivity index (χ2v) is 6.70. The van der Waals surface area contributed by atoms with Gasteiger partial charge in [-0.1, -0.05) is 48.0 Å². The minimum Gasteiger partial charge on any atom is -0.493 e. The van der Waals surface area contributed by atoms with Crippen LogP contribution in [0.1, 0.15) is 29.0 Å². The van der Waals surface area contributed by atoms with Crippen molar-refractivity contribution < 1.29 is 19.4 Å². The Labute approximate surface area is 153 Å². The van der Waals surface area contributed by atoms with E-state index in [1.54, 1.807) is 0 Å². The number of fused-ring (bicyclic) bond motifs is 1. The maximum absolute atomic E-state index is 12.6. The van der Waals surface area contributed by atoms with E-state index in [4.69, 9.17) is 4.74 Å². The third-order valence-electron chi connectivity index (χ3n) is 4.71. The van der Waals surface area contributed by atoms with Gasteiger partial charge in [-0.2, -0.15) is 0 Å². The van der Waals surface area contributed by atoms with Gasteiger partial charge in [0.05, 0.1) is 18.4 Å². The SMILES string of the molecule is Cc1cccc(C[C@H](CNC(=O)[C@H]2CCOc3ccccc32)C(=O)O)c1. The molecule has 0 aromatic heterocycles. The lowest BCUT2D eigenvalue weighted by Gasteiger charge is -2.25. The van der Waals surface area contributed by atoms with Gasteiger partial charge in [-0.3, -0.25) is 9.59 Å². The summed E-state index contributed by atoms with van der Waals surface area (Å²) in [7, 11) is 0. The molecule has 1 aliphatic heterocycles. The standard InChI is InChI=1S/C21H23NO4/c1-14-5-4-6-15(11-14)12-16(21(24)25)13-22-20(23)18-9-10-26-19-8-3-2-7-17(18)19/h2-8,11,16,18H,9-10,12-13H2,1H3,(H,22,23)(H,24,25)/t16-,18+/m1/s1. The molecule has 1 amide bonds. The van der Waals surface area contributed by atoms with Crippen LogP contribution in [-0.4, -0.2) is 30.1 Å². The van der Waals surface area contributed by atoms with Gasteiger partial charge in [0.2, 0.25) is 5.91 Å². The maximum atomic E-state index is 12.6. The van der Waals surface area contributed by atoms with Crippen molar-refractivity contribution in [2.24, 2.45) is 5.92 Å². The Balaban J connectivity index is 1.64. The maximum Gasteiger partial charge on any atom is 0.308 e. The number of rotatable bonds is 6. The van der Waals surface area contributed by atoms with E-state index in [2.05, 4.69) is 5.32 Å². The van der Waals surface area contributed by atoms with Gasteiger partial charge in [0.15, 0.2) is 0 Å². The number of hydrogen-bond donors (Lipinski definition) is 2. The van der Waals surface area contributed by atoms with Crippen LogP contribution in [0.5, 0.6) is 5.75 Å². The number of amides is 1. The predicted octanol–water partition coefficient (Wildman–Crippen LogP) is 2.92. The highest BCUT2D eigenvalue weighted by molar-refractivity contribution is 5.85. The summed E-state index contributed by atoms with van der Waals surface area (Å²) in [4.78, 5) is 24.2. The summed E-state index contributed by atoms with van der Waals surface area (Å²) in [5.74, 6) is -1.27. The lowest BCUT2D eigenvalue weighted by Crippen LogP contribution is -2.38. The summed E-state index contributed by atoms with van der Waals surface area (Å²) in [6.45, 7) is 2.58. The Morgan fingerprint density at radius 1 is 1.23 bits per heavy atom. The summed E-state index contributed by atoms with van der Waals surface area (Å²) in [6, 6.07) is 15.3. The molecule has 0 saturated carbocycles. The van der Waals surface area contributed by atoms with E-state index >= 15 is 0 Å². The predicted molar refractivity (Wildman–Crippen MR) is 98.3 cm³/mol. The number of carbonyl (C=O) groups excluding carboxylic acids is 1. The zero-order valence-electron chi connectivity index (χ0n) is 14.8. The number of carboxylic acid groups (broad SMARTS) is 1. The molecule has 5 nitrogen and oxygen atoms in total. The Bertz CT molecular complexity index is 802. The first-order chi connectivity index (χ1) is 12.5. The number of hydrogen-bond acceptors (Lipinski definition) is 3. The van der Waals surface area contributed by atoms with Crippen LogP contribution in [-0.2, 0) is 16.0 Å². The van der Waals surface area contributed by atoms with Crippen LogP contribution in [0.25, 0.3) is 0 Å². The van der Waals surface area contributed by atoms with Crippen LogP contribution in [0.2, 0.25) is 0 Å². The van der Waals surface area contributed by atoms with Crippen molar-refractivity contribution in [3.63, 3.8) is 0 Å². The average molecular weight is 353 g/mol. The number of aryl methyl sites for hydroxylation is 1. The summed E-state index contributed by atoms with van der Waals surface area (Å²) >= 11 is 0. The number of para-hydroxylation sites is 1. The lowest BCUT2D eigenvalue weighted by molar-refractivity contribution is -0.141. The number of carboxylic acids is 1. The highest BCUT2D eigenvalue weighted by atomic mass is 16.5. The smallest absolute Gasteiger partial charge is 0.308 e. The molecule has 0 aliphatic carbocycles. The van der Waals surface area contributed by atoms with E-state index in [0.717, 1.165) is 22.4 Å². The quantitative estimate of drug-likeness (QED) is 0.837. The van der Waals surface area contributed by atoms with Crippen molar-refractivity contribution >= 4 is 11.9 Å². The van der Waals surface area contributed by atoms with Crippen LogP contribution in [0.3, 0.4) is 0 Å².